The van der Waals surface area contributed by atoms with Crippen molar-refractivity contribution in [3.05, 3.63) is 30.0 Å². The van der Waals surface area contributed by atoms with Crippen molar-refractivity contribution in [2.75, 3.05) is 13.2 Å². The summed E-state index contributed by atoms with van der Waals surface area (Å²) in [5, 5.41) is 6.73. The molecule has 0 saturated carbocycles. The van der Waals surface area contributed by atoms with Crippen LogP contribution in [0.25, 0.3) is 11.3 Å². The largest absolute Gasteiger partial charge is 0.490 e. The Morgan fingerprint density at radius 3 is 2.78 bits per heavy atom. The first kappa shape index (κ1) is 10.8. The van der Waals surface area contributed by atoms with E-state index in [1.807, 2.05) is 18.2 Å². The van der Waals surface area contributed by atoms with Crippen LogP contribution in [-0.4, -0.2) is 29.7 Å². The van der Waals surface area contributed by atoms with Gasteiger partial charge in [0.05, 0.1) is 24.6 Å². The Kier molecular flexibility index (Phi) is 2.72. The summed E-state index contributed by atoms with van der Waals surface area (Å²) < 4.78 is 11.2. The zero-order chi connectivity index (χ0) is 12.4. The molecule has 92 valence electrons. The number of aromatic nitrogens is 2. The predicted molar refractivity (Wildman–Crippen MR) is 65.0 cm³/mol. The van der Waals surface area contributed by atoms with E-state index in [9.17, 15) is 4.79 Å². The van der Waals surface area contributed by atoms with Gasteiger partial charge in [0.25, 0.3) is 0 Å². The van der Waals surface area contributed by atoms with E-state index in [0.717, 1.165) is 29.8 Å². The number of H-pyrrole nitrogens is 1. The highest BCUT2D eigenvalue weighted by Gasteiger charge is 2.12. The molecule has 5 heteroatoms. The zero-order valence-electron chi connectivity index (χ0n) is 9.68. The molecule has 0 bridgehead atoms. The van der Waals surface area contributed by atoms with Crippen LogP contribution in [0.5, 0.6) is 11.5 Å². The lowest BCUT2D eigenvalue weighted by Crippen LogP contribution is -1.97. The molecule has 1 aromatic carbocycles. The lowest BCUT2D eigenvalue weighted by Gasteiger charge is -2.07. The van der Waals surface area contributed by atoms with E-state index in [1.165, 1.54) is 0 Å². The summed E-state index contributed by atoms with van der Waals surface area (Å²) in [7, 11) is 0. The molecule has 0 atom stereocenters. The molecule has 1 aromatic heterocycles. The number of hydrogen-bond acceptors (Lipinski definition) is 4. The van der Waals surface area contributed by atoms with E-state index in [1.54, 1.807) is 6.07 Å². The molecule has 0 amide bonds. The number of aldehydes is 1. The Labute approximate surface area is 104 Å². The van der Waals surface area contributed by atoms with Gasteiger partial charge in [0.1, 0.15) is 0 Å². The highest BCUT2D eigenvalue weighted by atomic mass is 16.5. The summed E-state index contributed by atoms with van der Waals surface area (Å²) >= 11 is 0. The quantitative estimate of drug-likeness (QED) is 0.821. The van der Waals surface area contributed by atoms with Crippen molar-refractivity contribution in [1.82, 2.24) is 10.2 Å². The fourth-order valence-electron chi connectivity index (χ4n) is 1.87. The molecule has 1 N–H and O–H groups in total. The van der Waals surface area contributed by atoms with Crippen LogP contribution >= 0.6 is 0 Å². The first-order chi connectivity index (χ1) is 8.86. The maximum absolute atomic E-state index is 10.6. The van der Waals surface area contributed by atoms with Gasteiger partial charge in [-0.25, -0.2) is 0 Å². The van der Waals surface area contributed by atoms with Crippen LogP contribution in [-0.2, 0) is 0 Å². The fraction of sp³-hybridized carbons (Fsp3) is 0.231. The zero-order valence-corrected chi connectivity index (χ0v) is 9.68. The van der Waals surface area contributed by atoms with Crippen molar-refractivity contribution >= 4 is 6.29 Å². The Hall–Kier alpha value is -2.30. The van der Waals surface area contributed by atoms with E-state index in [0.29, 0.717) is 24.6 Å². The van der Waals surface area contributed by atoms with E-state index >= 15 is 0 Å². The standard InChI is InChI=1S/C13H12N2O3/c16-8-10-7-11(15-14-10)9-2-3-12-13(6-9)18-5-1-4-17-12/h2-3,6-8H,1,4-5H2,(H,14,15). The predicted octanol–water partition coefficient (Wildman–Crippen LogP) is 2.05. The minimum atomic E-state index is 0.456. The van der Waals surface area contributed by atoms with Crippen LogP contribution in [0.2, 0.25) is 0 Å². The van der Waals surface area contributed by atoms with Crippen LogP contribution < -0.4 is 9.47 Å². The van der Waals surface area contributed by atoms with Crippen LogP contribution in [0.15, 0.2) is 24.3 Å². The molecule has 0 fully saturated rings. The number of hydrogen-bond donors (Lipinski definition) is 1. The van der Waals surface area contributed by atoms with E-state index in [-0.39, 0.29) is 0 Å². The van der Waals surface area contributed by atoms with Crippen molar-refractivity contribution in [2.45, 2.75) is 6.42 Å². The minimum Gasteiger partial charge on any atom is -0.490 e. The molecule has 0 unspecified atom stereocenters. The normalized spacial score (nSPS) is 14.0. The Morgan fingerprint density at radius 1 is 1.17 bits per heavy atom. The molecule has 2 heterocycles. The van der Waals surface area contributed by atoms with E-state index < -0.39 is 0 Å². The second kappa shape index (κ2) is 4.52. The summed E-state index contributed by atoms with van der Waals surface area (Å²) in [5.41, 5.74) is 2.06. The van der Waals surface area contributed by atoms with Crippen LogP contribution in [0, 0.1) is 0 Å². The average molecular weight is 244 g/mol. The third-order valence-electron chi connectivity index (χ3n) is 2.77. The van der Waals surface area contributed by atoms with Gasteiger partial charge >= 0.3 is 0 Å². The van der Waals surface area contributed by atoms with Gasteiger partial charge in [-0.1, -0.05) is 0 Å². The van der Waals surface area contributed by atoms with Crippen molar-refractivity contribution in [3.63, 3.8) is 0 Å². The number of carbonyl (C=O) groups excluding carboxylic acids is 1. The van der Waals surface area contributed by atoms with Gasteiger partial charge in [-0.15, -0.1) is 0 Å². The molecular weight excluding hydrogens is 232 g/mol. The lowest BCUT2D eigenvalue weighted by molar-refractivity contribution is 0.111. The Balaban J connectivity index is 1.98. The van der Waals surface area contributed by atoms with Crippen molar-refractivity contribution < 1.29 is 14.3 Å². The van der Waals surface area contributed by atoms with Gasteiger partial charge in [-0.2, -0.15) is 5.10 Å². The van der Waals surface area contributed by atoms with Crippen LogP contribution in [0.3, 0.4) is 0 Å². The third kappa shape index (κ3) is 1.95. The number of aromatic amines is 1. The number of benzene rings is 1. The van der Waals surface area contributed by atoms with Crippen molar-refractivity contribution in [3.8, 4) is 22.8 Å². The van der Waals surface area contributed by atoms with E-state index in [4.69, 9.17) is 9.47 Å². The van der Waals surface area contributed by atoms with Gasteiger partial charge < -0.3 is 9.47 Å². The fourth-order valence-corrected chi connectivity index (χ4v) is 1.87. The monoisotopic (exact) mass is 244 g/mol. The average Bonchev–Trinajstić information content (AvgIpc) is 2.76. The summed E-state index contributed by atoms with van der Waals surface area (Å²) in [6.07, 6.45) is 1.61. The molecule has 1 aliphatic heterocycles. The molecule has 0 radical (unpaired) electrons. The van der Waals surface area contributed by atoms with Gasteiger partial charge in [0.15, 0.2) is 17.8 Å². The van der Waals surface area contributed by atoms with Gasteiger partial charge in [-0.05, 0) is 24.3 Å². The minimum absolute atomic E-state index is 0.456. The first-order valence-corrected chi connectivity index (χ1v) is 5.77. The number of nitrogens with one attached hydrogen (secondary N) is 1. The molecule has 1 aliphatic rings. The molecule has 3 rings (SSSR count). The molecule has 2 aromatic rings. The smallest absolute Gasteiger partial charge is 0.167 e. The van der Waals surface area contributed by atoms with Crippen LogP contribution in [0.1, 0.15) is 16.9 Å². The van der Waals surface area contributed by atoms with Gasteiger partial charge in [0, 0.05) is 12.0 Å². The first-order valence-electron chi connectivity index (χ1n) is 5.77. The second-order valence-electron chi connectivity index (χ2n) is 4.04. The molecule has 5 nitrogen and oxygen atoms in total. The van der Waals surface area contributed by atoms with E-state index in [2.05, 4.69) is 10.2 Å². The summed E-state index contributed by atoms with van der Waals surface area (Å²) in [5.74, 6) is 1.48. The molecule has 0 aliphatic carbocycles. The Morgan fingerprint density at radius 2 is 2.00 bits per heavy atom. The second-order valence-corrected chi connectivity index (χ2v) is 4.04. The Bertz CT molecular complexity index is 577. The highest BCUT2D eigenvalue weighted by Crippen LogP contribution is 2.33. The molecule has 0 spiro atoms. The maximum atomic E-state index is 10.6. The third-order valence-corrected chi connectivity index (χ3v) is 2.77. The molecule has 18 heavy (non-hydrogen) atoms. The molecular formula is C13H12N2O3. The summed E-state index contributed by atoms with van der Waals surface area (Å²) in [6.45, 7) is 1.32. The van der Waals surface area contributed by atoms with Crippen LogP contribution in [0.4, 0.5) is 0 Å². The van der Waals surface area contributed by atoms with Gasteiger partial charge in [0.2, 0.25) is 0 Å². The molecule has 0 saturated heterocycles. The number of carbonyl (C=O) groups is 1. The highest BCUT2D eigenvalue weighted by molar-refractivity contribution is 5.75. The summed E-state index contributed by atoms with van der Waals surface area (Å²) in [6, 6.07) is 7.35. The SMILES string of the molecule is O=Cc1cc(-c2ccc3c(c2)OCCCO3)n[nH]1. The van der Waals surface area contributed by atoms with Crippen molar-refractivity contribution in [1.29, 1.82) is 0 Å². The summed E-state index contributed by atoms with van der Waals surface area (Å²) in [4.78, 5) is 10.6. The lowest BCUT2D eigenvalue weighted by atomic mass is 10.1. The maximum Gasteiger partial charge on any atom is 0.167 e. The number of nitrogens with zero attached hydrogens (tertiary/aromatic N) is 1. The number of rotatable bonds is 2. The number of ether oxygens (including phenoxy) is 2. The van der Waals surface area contributed by atoms with Crippen molar-refractivity contribution in [2.24, 2.45) is 0 Å². The topological polar surface area (TPSA) is 64.2 Å². The number of fused-ring (bicyclic) bond motifs is 1. The van der Waals surface area contributed by atoms with Gasteiger partial charge in [-0.3, -0.25) is 9.89 Å².